The van der Waals surface area contributed by atoms with E-state index in [1.165, 1.54) is 0 Å². The highest BCUT2D eigenvalue weighted by atomic mass is 16.5. The summed E-state index contributed by atoms with van der Waals surface area (Å²) in [5, 5.41) is 14.1. The largest absolute Gasteiger partial charge is 0.497 e. The molecule has 0 aliphatic rings. The second-order valence-corrected chi connectivity index (χ2v) is 8.91. The second kappa shape index (κ2) is 12.0. The minimum absolute atomic E-state index is 0.194. The number of unbranched alkanes of at least 4 members (excludes halogenated alkanes) is 1. The van der Waals surface area contributed by atoms with Gasteiger partial charge in [0.05, 0.1) is 26.2 Å². The van der Waals surface area contributed by atoms with Gasteiger partial charge in [-0.25, -0.2) is 0 Å². The summed E-state index contributed by atoms with van der Waals surface area (Å²) in [4.78, 5) is 11.7. The molecule has 3 N–H and O–H groups in total. The van der Waals surface area contributed by atoms with E-state index in [2.05, 4.69) is 16.0 Å². The molecule has 7 heteroatoms. The lowest BCUT2D eigenvalue weighted by Gasteiger charge is -2.17. The number of nitrogens with two attached hydrogens (primary N) is 1. The number of methoxy groups -OCH3 is 1. The highest BCUT2D eigenvalue weighted by molar-refractivity contribution is 5.91. The van der Waals surface area contributed by atoms with E-state index in [0.717, 1.165) is 58.5 Å². The number of fused-ring (bicyclic) bond motifs is 1. The number of nitriles is 1. The van der Waals surface area contributed by atoms with Gasteiger partial charge in [0, 0.05) is 34.4 Å². The van der Waals surface area contributed by atoms with Gasteiger partial charge < -0.3 is 25.1 Å². The summed E-state index contributed by atoms with van der Waals surface area (Å²) < 4.78 is 13.7. The SMILES string of the molecule is COc1ccc2c(c1)c(CC(N)=O)c(C)n2CCCCOc1ccccc1C(C#N)Nc1ccccc1. The van der Waals surface area contributed by atoms with Crippen LogP contribution in [0.1, 0.15) is 35.7 Å². The molecule has 1 atom stereocenters. The van der Waals surface area contributed by atoms with Gasteiger partial charge in [-0.2, -0.15) is 5.26 Å². The number of aromatic nitrogens is 1. The number of para-hydroxylation sites is 2. The Bertz CT molecular complexity index is 1410. The van der Waals surface area contributed by atoms with Crippen LogP contribution in [-0.2, 0) is 17.8 Å². The third-order valence-electron chi connectivity index (χ3n) is 6.49. The molecule has 1 aromatic heterocycles. The zero-order chi connectivity index (χ0) is 26.2. The first kappa shape index (κ1) is 25.6. The number of ether oxygens (including phenoxy) is 2. The molecule has 0 saturated carbocycles. The maximum absolute atomic E-state index is 11.7. The van der Waals surface area contributed by atoms with Crippen molar-refractivity contribution < 1.29 is 14.3 Å². The Morgan fingerprint density at radius 1 is 1.08 bits per heavy atom. The van der Waals surface area contributed by atoms with Crippen molar-refractivity contribution in [1.82, 2.24) is 4.57 Å². The van der Waals surface area contributed by atoms with Gasteiger partial charge in [0.1, 0.15) is 17.5 Å². The summed E-state index contributed by atoms with van der Waals surface area (Å²) in [6.07, 6.45) is 1.91. The number of rotatable bonds is 12. The van der Waals surface area contributed by atoms with E-state index in [0.29, 0.717) is 12.4 Å². The first-order valence-corrected chi connectivity index (χ1v) is 12.4. The Morgan fingerprint density at radius 3 is 2.57 bits per heavy atom. The first-order valence-electron chi connectivity index (χ1n) is 12.4. The van der Waals surface area contributed by atoms with Crippen LogP contribution in [-0.4, -0.2) is 24.2 Å². The Balaban J connectivity index is 1.41. The van der Waals surface area contributed by atoms with Crippen molar-refractivity contribution in [3.05, 3.63) is 89.6 Å². The van der Waals surface area contributed by atoms with Crippen LogP contribution in [0.5, 0.6) is 11.5 Å². The van der Waals surface area contributed by atoms with Crippen molar-refractivity contribution in [3.8, 4) is 17.6 Å². The molecular weight excluding hydrogens is 464 g/mol. The first-order chi connectivity index (χ1) is 18.0. The monoisotopic (exact) mass is 496 g/mol. The van der Waals surface area contributed by atoms with Gasteiger partial charge in [-0.3, -0.25) is 4.79 Å². The molecule has 0 saturated heterocycles. The molecule has 0 spiro atoms. The Morgan fingerprint density at radius 2 is 1.84 bits per heavy atom. The number of amides is 1. The van der Waals surface area contributed by atoms with Crippen LogP contribution in [0.4, 0.5) is 5.69 Å². The topological polar surface area (TPSA) is 102 Å². The summed E-state index contributed by atoms with van der Waals surface area (Å²) in [6, 6.07) is 25.1. The molecular formula is C30H32N4O3. The maximum Gasteiger partial charge on any atom is 0.221 e. The number of anilines is 1. The molecule has 4 aromatic rings. The number of carbonyl (C=O) groups is 1. The minimum Gasteiger partial charge on any atom is -0.497 e. The van der Waals surface area contributed by atoms with E-state index in [1.54, 1.807) is 7.11 Å². The molecule has 0 radical (unpaired) electrons. The molecule has 0 fully saturated rings. The van der Waals surface area contributed by atoms with Gasteiger partial charge in [0.2, 0.25) is 5.91 Å². The highest BCUT2D eigenvalue weighted by Gasteiger charge is 2.17. The molecule has 1 unspecified atom stereocenters. The number of primary amides is 1. The van der Waals surface area contributed by atoms with Crippen LogP contribution >= 0.6 is 0 Å². The van der Waals surface area contributed by atoms with Gasteiger partial charge in [-0.1, -0.05) is 36.4 Å². The maximum atomic E-state index is 11.7. The van der Waals surface area contributed by atoms with Crippen molar-refractivity contribution in [2.75, 3.05) is 19.0 Å². The summed E-state index contributed by atoms with van der Waals surface area (Å²) in [6.45, 7) is 3.34. The zero-order valence-corrected chi connectivity index (χ0v) is 21.2. The molecule has 37 heavy (non-hydrogen) atoms. The van der Waals surface area contributed by atoms with Crippen molar-refractivity contribution in [2.24, 2.45) is 5.73 Å². The van der Waals surface area contributed by atoms with E-state index in [-0.39, 0.29) is 12.3 Å². The number of benzene rings is 3. The van der Waals surface area contributed by atoms with Gasteiger partial charge in [-0.05, 0) is 61.7 Å². The average Bonchev–Trinajstić information content (AvgIpc) is 3.17. The van der Waals surface area contributed by atoms with Crippen molar-refractivity contribution in [2.45, 2.75) is 38.8 Å². The van der Waals surface area contributed by atoms with Gasteiger partial charge in [0.25, 0.3) is 0 Å². The third-order valence-corrected chi connectivity index (χ3v) is 6.49. The fraction of sp³-hybridized carbons (Fsp3) is 0.267. The van der Waals surface area contributed by atoms with E-state index in [9.17, 15) is 10.1 Å². The molecule has 0 aliphatic carbocycles. The average molecular weight is 497 g/mol. The number of hydrogen-bond acceptors (Lipinski definition) is 5. The molecule has 1 amide bonds. The lowest BCUT2D eigenvalue weighted by atomic mass is 10.1. The molecule has 190 valence electrons. The van der Waals surface area contributed by atoms with Gasteiger partial charge >= 0.3 is 0 Å². The molecule has 0 bridgehead atoms. The standard InChI is InChI=1S/C30H32N4O3/c1-21-25(19-30(32)35)26-18-23(36-2)14-15-28(26)34(21)16-8-9-17-37-29-13-7-6-12-24(29)27(20-31)33-22-10-4-3-5-11-22/h3-7,10-15,18,27,33H,8-9,16-17,19H2,1-2H3,(H2,32,35). The molecule has 4 rings (SSSR count). The Kier molecular flexibility index (Phi) is 8.32. The Labute approximate surface area is 217 Å². The smallest absolute Gasteiger partial charge is 0.221 e. The summed E-state index contributed by atoms with van der Waals surface area (Å²) in [5.41, 5.74) is 10.3. The molecule has 3 aromatic carbocycles. The predicted octanol–water partition coefficient (Wildman–Crippen LogP) is 5.52. The van der Waals surface area contributed by atoms with E-state index >= 15 is 0 Å². The number of nitrogens with one attached hydrogen (secondary N) is 1. The lowest BCUT2D eigenvalue weighted by molar-refractivity contribution is -0.117. The van der Waals surface area contributed by atoms with Crippen LogP contribution in [0.3, 0.4) is 0 Å². The van der Waals surface area contributed by atoms with E-state index < -0.39 is 6.04 Å². The normalized spacial score (nSPS) is 11.6. The van der Waals surface area contributed by atoms with Gasteiger partial charge in [-0.15, -0.1) is 0 Å². The van der Waals surface area contributed by atoms with Crippen molar-refractivity contribution in [1.29, 1.82) is 5.26 Å². The molecule has 7 nitrogen and oxygen atoms in total. The fourth-order valence-electron chi connectivity index (χ4n) is 4.63. The van der Waals surface area contributed by atoms with Gasteiger partial charge in [0.15, 0.2) is 0 Å². The zero-order valence-electron chi connectivity index (χ0n) is 21.2. The predicted molar refractivity (Wildman–Crippen MR) is 146 cm³/mol. The Hall–Kier alpha value is -4.44. The summed E-state index contributed by atoms with van der Waals surface area (Å²) in [5.74, 6) is 1.10. The number of nitrogens with zero attached hydrogens (tertiary/aromatic N) is 2. The van der Waals surface area contributed by atoms with E-state index in [1.807, 2.05) is 79.7 Å². The van der Waals surface area contributed by atoms with Crippen LogP contribution < -0.4 is 20.5 Å². The second-order valence-electron chi connectivity index (χ2n) is 8.91. The number of hydrogen-bond donors (Lipinski definition) is 2. The summed E-state index contributed by atoms with van der Waals surface area (Å²) in [7, 11) is 1.63. The van der Waals surface area contributed by atoms with Crippen LogP contribution in [0.2, 0.25) is 0 Å². The van der Waals surface area contributed by atoms with Crippen molar-refractivity contribution in [3.63, 3.8) is 0 Å². The third kappa shape index (κ3) is 6.04. The number of carbonyl (C=O) groups excluding carboxylic acids is 1. The molecule has 0 aliphatic heterocycles. The van der Waals surface area contributed by atoms with Crippen LogP contribution in [0, 0.1) is 18.3 Å². The highest BCUT2D eigenvalue weighted by Crippen LogP contribution is 2.31. The van der Waals surface area contributed by atoms with Crippen LogP contribution in [0.15, 0.2) is 72.8 Å². The quantitative estimate of drug-likeness (QED) is 0.251. The van der Waals surface area contributed by atoms with Crippen molar-refractivity contribution >= 4 is 22.5 Å². The number of aryl methyl sites for hydroxylation is 1. The van der Waals surface area contributed by atoms with E-state index in [4.69, 9.17) is 15.2 Å². The lowest BCUT2D eigenvalue weighted by Crippen LogP contribution is -2.14. The van der Waals surface area contributed by atoms with Crippen LogP contribution in [0.25, 0.3) is 10.9 Å². The minimum atomic E-state index is -0.520. The summed E-state index contributed by atoms with van der Waals surface area (Å²) >= 11 is 0. The fourth-order valence-corrected chi connectivity index (χ4v) is 4.63. The molecule has 1 heterocycles.